The summed E-state index contributed by atoms with van der Waals surface area (Å²) in [6.07, 6.45) is 3.18. The molecule has 1 saturated heterocycles. The molecule has 3 rings (SSSR count). The molecule has 0 spiro atoms. The van der Waals surface area contributed by atoms with Crippen LogP contribution in [0.3, 0.4) is 0 Å². The SMILES string of the molecule is COc1ccc(NC(=O)CN2CCC(C(=O)Nc3ncc(C)s3)CC2)c(OC)c1. The number of anilines is 2. The van der Waals surface area contributed by atoms with Crippen LogP contribution >= 0.6 is 11.3 Å². The van der Waals surface area contributed by atoms with Crippen LogP contribution in [-0.2, 0) is 9.59 Å². The number of amides is 2. The molecule has 2 amide bonds. The van der Waals surface area contributed by atoms with Gasteiger partial charge in [0.1, 0.15) is 11.5 Å². The van der Waals surface area contributed by atoms with Crippen LogP contribution in [0.1, 0.15) is 17.7 Å². The second kappa shape index (κ2) is 9.71. The fourth-order valence-electron chi connectivity index (χ4n) is 3.27. The number of aromatic nitrogens is 1. The van der Waals surface area contributed by atoms with Crippen LogP contribution in [0.5, 0.6) is 11.5 Å². The van der Waals surface area contributed by atoms with Gasteiger partial charge in [-0.15, -0.1) is 11.3 Å². The van der Waals surface area contributed by atoms with Crippen LogP contribution in [0.2, 0.25) is 0 Å². The number of rotatable bonds is 7. The maximum atomic E-state index is 12.4. The average molecular weight is 419 g/mol. The minimum absolute atomic E-state index is 0.00595. The molecule has 2 aromatic rings. The summed E-state index contributed by atoms with van der Waals surface area (Å²) in [5.41, 5.74) is 0.603. The topological polar surface area (TPSA) is 92.8 Å². The Kier molecular flexibility index (Phi) is 7.05. The van der Waals surface area contributed by atoms with Gasteiger partial charge in [-0.05, 0) is 45.0 Å². The van der Waals surface area contributed by atoms with E-state index < -0.39 is 0 Å². The molecule has 0 unspecified atom stereocenters. The van der Waals surface area contributed by atoms with E-state index in [2.05, 4.69) is 20.5 Å². The maximum absolute atomic E-state index is 12.4. The van der Waals surface area contributed by atoms with Gasteiger partial charge in [-0.3, -0.25) is 14.5 Å². The molecule has 0 bridgehead atoms. The molecule has 1 aliphatic rings. The van der Waals surface area contributed by atoms with Crippen LogP contribution in [0.15, 0.2) is 24.4 Å². The summed E-state index contributed by atoms with van der Waals surface area (Å²) in [6, 6.07) is 5.25. The second-order valence-electron chi connectivity index (χ2n) is 6.93. The summed E-state index contributed by atoms with van der Waals surface area (Å²) in [5, 5.41) is 6.41. The molecular weight excluding hydrogens is 392 g/mol. The summed E-state index contributed by atoms with van der Waals surface area (Å²) in [5.74, 6) is 1.04. The van der Waals surface area contributed by atoms with E-state index in [1.807, 2.05) is 6.92 Å². The molecule has 1 aromatic heterocycles. The number of ether oxygens (including phenoxy) is 2. The monoisotopic (exact) mass is 418 g/mol. The summed E-state index contributed by atoms with van der Waals surface area (Å²) in [6.45, 7) is 3.62. The lowest BCUT2D eigenvalue weighted by molar-refractivity contribution is -0.121. The van der Waals surface area contributed by atoms with Crippen molar-refractivity contribution < 1.29 is 19.1 Å². The highest BCUT2D eigenvalue weighted by molar-refractivity contribution is 7.15. The van der Waals surface area contributed by atoms with Gasteiger partial charge in [0.25, 0.3) is 0 Å². The number of aryl methyl sites for hydroxylation is 1. The maximum Gasteiger partial charge on any atom is 0.238 e. The van der Waals surface area contributed by atoms with E-state index in [4.69, 9.17) is 9.47 Å². The number of carbonyl (C=O) groups is 2. The van der Waals surface area contributed by atoms with Gasteiger partial charge in [0.2, 0.25) is 11.8 Å². The number of nitrogens with zero attached hydrogens (tertiary/aromatic N) is 2. The third-order valence-corrected chi connectivity index (χ3v) is 5.69. The number of hydrogen-bond acceptors (Lipinski definition) is 7. The number of benzene rings is 1. The number of carbonyl (C=O) groups excluding carboxylic acids is 2. The number of methoxy groups -OCH3 is 2. The van der Waals surface area contributed by atoms with Crippen LogP contribution in [0.4, 0.5) is 10.8 Å². The lowest BCUT2D eigenvalue weighted by atomic mass is 9.96. The van der Waals surface area contributed by atoms with Gasteiger partial charge in [-0.25, -0.2) is 4.98 Å². The van der Waals surface area contributed by atoms with Crippen molar-refractivity contribution in [3.8, 4) is 11.5 Å². The first-order valence-corrected chi connectivity index (χ1v) is 10.3. The molecule has 9 heteroatoms. The van der Waals surface area contributed by atoms with Gasteiger partial charge in [-0.2, -0.15) is 0 Å². The molecule has 1 aliphatic heterocycles. The predicted molar refractivity (Wildman–Crippen MR) is 113 cm³/mol. The van der Waals surface area contributed by atoms with Crippen molar-refractivity contribution in [2.45, 2.75) is 19.8 Å². The average Bonchev–Trinajstić information content (AvgIpc) is 3.13. The van der Waals surface area contributed by atoms with E-state index in [0.717, 1.165) is 17.7 Å². The lowest BCUT2D eigenvalue weighted by Gasteiger charge is -2.30. The second-order valence-corrected chi connectivity index (χ2v) is 8.16. The first-order chi connectivity index (χ1) is 14.0. The van der Waals surface area contributed by atoms with Gasteiger partial charge in [0.05, 0.1) is 26.5 Å². The standard InChI is InChI=1S/C20H26N4O4S/c1-13-11-21-20(29-13)23-19(26)14-6-8-24(9-7-14)12-18(25)22-16-5-4-15(27-2)10-17(16)28-3/h4-5,10-11,14H,6-9,12H2,1-3H3,(H,22,25)(H,21,23,26). The molecule has 2 heterocycles. The van der Waals surface area contributed by atoms with Crippen LogP contribution in [0, 0.1) is 12.8 Å². The zero-order chi connectivity index (χ0) is 20.8. The first-order valence-electron chi connectivity index (χ1n) is 9.46. The number of thiazole rings is 1. The minimum atomic E-state index is -0.116. The van der Waals surface area contributed by atoms with Crippen molar-refractivity contribution in [2.24, 2.45) is 5.92 Å². The Balaban J connectivity index is 1.46. The van der Waals surface area contributed by atoms with E-state index in [9.17, 15) is 9.59 Å². The van der Waals surface area contributed by atoms with Crippen molar-refractivity contribution in [1.29, 1.82) is 0 Å². The quantitative estimate of drug-likeness (QED) is 0.718. The Labute approximate surface area is 174 Å². The molecular formula is C20H26N4O4S. The Bertz CT molecular complexity index is 862. The van der Waals surface area contributed by atoms with Crippen molar-refractivity contribution in [3.63, 3.8) is 0 Å². The molecule has 2 N–H and O–H groups in total. The van der Waals surface area contributed by atoms with Crippen LogP contribution in [-0.4, -0.2) is 55.6 Å². The summed E-state index contributed by atoms with van der Waals surface area (Å²) < 4.78 is 10.5. The van der Waals surface area contributed by atoms with Gasteiger partial charge < -0.3 is 20.1 Å². The van der Waals surface area contributed by atoms with Gasteiger partial charge in [0.15, 0.2) is 5.13 Å². The fraction of sp³-hybridized carbons (Fsp3) is 0.450. The van der Waals surface area contributed by atoms with E-state index in [-0.39, 0.29) is 24.3 Å². The molecule has 8 nitrogen and oxygen atoms in total. The van der Waals surface area contributed by atoms with Crippen LogP contribution in [0.25, 0.3) is 0 Å². The first kappa shape index (κ1) is 21.1. The Morgan fingerprint density at radius 3 is 2.59 bits per heavy atom. The minimum Gasteiger partial charge on any atom is -0.497 e. The highest BCUT2D eigenvalue weighted by atomic mass is 32.1. The molecule has 29 heavy (non-hydrogen) atoms. The molecule has 1 aromatic carbocycles. The highest BCUT2D eigenvalue weighted by Crippen LogP contribution is 2.29. The molecule has 0 radical (unpaired) electrons. The molecule has 0 atom stereocenters. The Hall–Kier alpha value is -2.65. The Morgan fingerprint density at radius 2 is 1.97 bits per heavy atom. The number of hydrogen-bond donors (Lipinski definition) is 2. The third-order valence-electron chi connectivity index (χ3n) is 4.86. The summed E-state index contributed by atoms with van der Waals surface area (Å²) >= 11 is 1.47. The molecule has 0 aliphatic carbocycles. The van der Waals surface area contributed by atoms with E-state index in [0.29, 0.717) is 35.4 Å². The van der Waals surface area contributed by atoms with E-state index >= 15 is 0 Å². The van der Waals surface area contributed by atoms with E-state index in [1.165, 1.54) is 11.3 Å². The third kappa shape index (κ3) is 5.68. The van der Waals surface area contributed by atoms with Crippen molar-refractivity contribution in [1.82, 2.24) is 9.88 Å². The lowest BCUT2D eigenvalue weighted by Crippen LogP contribution is -2.41. The molecule has 1 fully saturated rings. The fourth-order valence-corrected chi connectivity index (χ4v) is 3.94. The Morgan fingerprint density at radius 1 is 1.21 bits per heavy atom. The zero-order valence-electron chi connectivity index (χ0n) is 16.9. The van der Waals surface area contributed by atoms with Crippen molar-refractivity contribution in [3.05, 3.63) is 29.3 Å². The number of likely N-dealkylation sites (tertiary alicyclic amines) is 1. The van der Waals surface area contributed by atoms with Crippen molar-refractivity contribution >= 4 is 34.0 Å². The van der Waals surface area contributed by atoms with Gasteiger partial charge in [-0.1, -0.05) is 0 Å². The zero-order valence-corrected chi connectivity index (χ0v) is 17.7. The predicted octanol–water partition coefficient (Wildman–Crippen LogP) is 2.76. The largest absolute Gasteiger partial charge is 0.497 e. The highest BCUT2D eigenvalue weighted by Gasteiger charge is 2.26. The normalized spacial score (nSPS) is 15.0. The van der Waals surface area contributed by atoms with Crippen molar-refractivity contribution in [2.75, 3.05) is 44.5 Å². The van der Waals surface area contributed by atoms with Gasteiger partial charge in [0, 0.05) is 23.1 Å². The molecule has 156 valence electrons. The number of piperidine rings is 1. The molecule has 0 saturated carbocycles. The summed E-state index contributed by atoms with van der Waals surface area (Å²) in [4.78, 5) is 32.1. The van der Waals surface area contributed by atoms with Gasteiger partial charge >= 0.3 is 0 Å². The smallest absolute Gasteiger partial charge is 0.238 e. The summed E-state index contributed by atoms with van der Waals surface area (Å²) in [7, 11) is 3.13. The van der Waals surface area contributed by atoms with E-state index in [1.54, 1.807) is 38.6 Å². The number of nitrogens with one attached hydrogen (secondary N) is 2. The van der Waals surface area contributed by atoms with Crippen LogP contribution < -0.4 is 20.1 Å².